The minimum absolute atomic E-state index is 0.00811. The Morgan fingerprint density at radius 1 is 1.28 bits per heavy atom. The molecule has 0 radical (unpaired) electrons. The van der Waals surface area contributed by atoms with Crippen molar-refractivity contribution < 1.29 is 18.3 Å². The van der Waals surface area contributed by atoms with Crippen molar-refractivity contribution in [2.24, 2.45) is 5.92 Å². The summed E-state index contributed by atoms with van der Waals surface area (Å²) in [6.45, 7) is 0.621. The van der Waals surface area contributed by atoms with Gasteiger partial charge in [0.1, 0.15) is 0 Å². The van der Waals surface area contributed by atoms with Crippen LogP contribution in [0.5, 0.6) is 0 Å². The molecule has 5 nitrogen and oxygen atoms in total. The molecule has 0 aromatic rings. The molecule has 6 heteroatoms. The van der Waals surface area contributed by atoms with Gasteiger partial charge in [-0.25, -0.2) is 8.42 Å². The monoisotopic (exact) mass is 275 g/mol. The number of hydrogen-bond acceptors (Lipinski definition) is 4. The molecular formula is C12H21NO4S. The zero-order valence-electron chi connectivity index (χ0n) is 10.5. The molecule has 0 spiro atoms. The van der Waals surface area contributed by atoms with E-state index < -0.39 is 9.84 Å². The minimum Gasteiger partial charge on any atom is -0.396 e. The number of amides is 1. The largest absolute Gasteiger partial charge is 0.396 e. The first-order valence-electron chi connectivity index (χ1n) is 6.65. The van der Waals surface area contributed by atoms with Gasteiger partial charge in [0.2, 0.25) is 5.91 Å². The van der Waals surface area contributed by atoms with Crippen molar-refractivity contribution in [1.82, 2.24) is 4.90 Å². The highest BCUT2D eigenvalue weighted by Crippen LogP contribution is 2.29. The summed E-state index contributed by atoms with van der Waals surface area (Å²) in [4.78, 5) is 14.2. The number of nitrogens with zero attached hydrogens (tertiary/aromatic N) is 1. The fourth-order valence-electron chi connectivity index (χ4n) is 2.64. The van der Waals surface area contributed by atoms with Gasteiger partial charge < -0.3 is 10.0 Å². The third-order valence-electron chi connectivity index (χ3n) is 3.94. The van der Waals surface area contributed by atoms with E-state index in [0.29, 0.717) is 19.4 Å². The van der Waals surface area contributed by atoms with Crippen LogP contribution in [0, 0.1) is 5.92 Å². The Morgan fingerprint density at radius 2 is 2.00 bits per heavy atom. The lowest BCUT2D eigenvalue weighted by atomic mass is 9.90. The molecule has 1 heterocycles. The fraction of sp³-hybridized carbons (Fsp3) is 0.917. The summed E-state index contributed by atoms with van der Waals surface area (Å²) in [6, 6.07) is 0.271. The lowest BCUT2D eigenvalue weighted by molar-refractivity contribution is -0.139. The summed E-state index contributed by atoms with van der Waals surface area (Å²) in [6.07, 6.45) is 4.19. The Kier molecular flexibility index (Phi) is 4.27. The van der Waals surface area contributed by atoms with Crippen LogP contribution in [0.4, 0.5) is 0 Å². The van der Waals surface area contributed by atoms with Gasteiger partial charge in [0, 0.05) is 19.2 Å². The van der Waals surface area contributed by atoms with Crippen LogP contribution in [0.15, 0.2) is 0 Å². The van der Waals surface area contributed by atoms with Crippen LogP contribution >= 0.6 is 0 Å². The highest BCUT2D eigenvalue weighted by atomic mass is 32.2. The van der Waals surface area contributed by atoms with Gasteiger partial charge in [0.05, 0.1) is 17.4 Å². The Hall–Kier alpha value is -0.620. The molecule has 1 atom stereocenters. The number of carbonyl (C=O) groups is 1. The molecule has 18 heavy (non-hydrogen) atoms. The van der Waals surface area contributed by atoms with E-state index in [1.54, 1.807) is 0 Å². The second-order valence-electron chi connectivity index (χ2n) is 5.29. The predicted octanol–water partition coefficient (Wildman–Crippen LogP) is 0.185. The predicted molar refractivity (Wildman–Crippen MR) is 67.8 cm³/mol. The van der Waals surface area contributed by atoms with Crippen LogP contribution < -0.4 is 0 Å². The molecule has 1 unspecified atom stereocenters. The molecule has 0 aromatic heterocycles. The highest BCUT2D eigenvalue weighted by molar-refractivity contribution is 7.91. The first-order valence-corrected chi connectivity index (χ1v) is 8.47. The molecule has 1 saturated carbocycles. The molecule has 2 aliphatic rings. The summed E-state index contributed by atoms with van der Waals surface area (Å²) in [5.74, 6) is -0.223. The van der Waals surface area contributed by atoms with Crippen molar-refractivity contribution in [3.63, 3.8) is 0 Å². The normalized spacial score (nSPS) is 26.8. The van der Waals surface area contributed by atoms with Crippen LogP contribution in [0.2, 0.25) is 0 Å². The number of hydrogen-bond donors (Lipinski definition) is 1. The third kappa shape index (κ3) is 3.03. The lowest BCUT2D eigenvalue weighted by Crippen LogP contribution is -2.47. The van der Waals surface area contributed by atoms with Crippen molar-refractivity contribution >= 4 is 15.7 Å². The van der Waals surface area contributed by atoms with Gasteiger partial charge >= 0.3 is 0 Å². The molecule has 1 amide bonds. The summed E-state index contributed by atoms with van der Waals surface area (Å²) in [5.41, 5.74) is 0. The molecule has 104 valence electrons. The molecule has 0 aromatic carbocycles. The van der Waals surface area contributed by atoms with Crippen molar-refractivity contribution in [2.45, 2.75) is 38.1 Å². The van der Waals surface area contributed by atoms with E-state index in [1.807, 2.05) is 4.90 Å². The second-order valence-corrected chi connectivity index (χ2v) is 7.52. The van der Waals surface area contributed by atoms with E-state index in [0.717, 1.165) is 19.3 Å². The lowest BCUT2D eigenvalue weighted by Gasteiger charge is -2.38. The maximum atomic E-state index is 12.4. The topological polar surface area (TPSA) is 74.7 Å². The molecule has 1 aliphatic heterocycles. The number of aliphatic hydroxyl groups excluding tert-OH is 1. The number of carbonyl (C=O) groups excluding carboxylic acids is 1. The summed E-state index contributed by atoms with van der Waals surface area (Å²) in [5, 5.41) is 8.88. The van der Waals surface area contributed by atoms with Gasteiger partial charge in [-0.15, -0.1) is 0 Å². The standard InChI is InChI=1S/C12H21NO4S/c14-7-2-6-13(11-3-1-4-11)12(15)10-5-8-18(16,17)9-10/h10-11,14H,1-9H2. The molecule has 1 N–H and O–H groups in total. The van der Waals surface area contributed by atoms with Crippen LogP contribution in [0.1, 0.15) is 32.1 Å². The number of sulfone groups is 1. The molecule has 2 fully saturated rings. The Labute approximate surface area is 108 Å². The van der Waals surface area contributed by atoms with Crippen LogP contribution in [0.25, 0.3) is 0 Å². The van der Waals surface area contributed by atoms with Gasteiger partial charge in [-0.1, -0.05) is 0 Å². The summed E-state index contributed by atoms with van der Waals surface area (Å²) < 4.78 is 22.8. The minimum atomic E-state index is -3.01. The van der Waals surface area contributed by atoms with Gasteiger partial charge in [-0.05, 0) is 32.1 Å². The summed E-state index contributed by atoms with van der Waals surface area (Å²) in [7, 11) is -3.01. The Balaban J connectivity index is 1.98. The van der Waals surface area contributed by atoms with E-state index in [4.69, 9.17) is 5.11 Å². The molecule has 1 saturated heterocycles. The van der Waals surface area contributed by atoms with Crippen LogP contribution in [-0.2, 0) is 14.6 Å². The van der Waals surface area contributed by atoms with E-state index in [9.17, 15) is 13.2 Å². The van der Waals surface area contributed by atoms with Crippen molar-refractivity contribution in [1.29, 1.82) is 0 Å². The first-order chi connectivity index (χ1) is 8.53. The Morgan fingerprint density at radius 3 is 2.44 bits per heavy atom. The SMILES string of the molecule is O=C(C1CCS(=O)(=O)C1)N(CCCO)C1CCC1. The van der Waals surface area contributed by atoms with Crippen molar-refractivity contribution in [3.05, 3.63) is 0 Å². The Bertz CT molecular complexity index is 402. The zero-order chi connectivity index (χ0) is 13.2. The van der Waals surface area contributed by atoms with E-state index in [2.05, 4.69) is 0 Å². The van der Waals surface area contributed by atoms with Crippen LogP contribution in [-0.4, -0.2) is 55.0 Å². The summed E-state index contributed by atoms with van der Waals surface area (Å²) >= 11 is 0. The molecular weight excluding hydrogens is 254 g/mol. The third-order valence-corrected chi connectivity index (χ3v) is 5.71. The molecule has 1 aliphatic carbocycles. The van der Waals surface area contributed by atoms with Gasteiger partial charge in [0.25, 0.3) is 0 Å². The highest BCUT2D eigenvalue weighted by Gasteiger charge is 2.38. The van der Waals surface area contributed by atoms with Gasteiger partial charge in [-0.3, -0.25) is 4.79 Å². The first kappa shape index (κ1) is 13.8. The average molecular weight is 275 g/mol. The second kappa shape index (κ2) is 5.57. The van der Waals surface area contributed by atoms with Gasteiger partial charge in [-0.2, -0.15) is 0 Å². The number of aliphatic hydroxyl groups is 1. The molecule has 2 rings (SSSR count). The van der Waals surface area contributed by atoms with E-state index in [-0.39, 0.29) is 36.0 Å². The zero-order valence-corrected chi connectivity index (χ0v) is 11.4. The average Bonchev–Trinajstić information content (AvgIpc) is 2.61. The number of rotatable bonds is 5. The maximum absolute atomic E-state index is 12.4. The van der Waals surface area contributed by atoms with Crippen LogP contribution in [0.3, 0.4) is 0 Å². The van der Waals surface area contributed by atoms with E-state index >= 15 is 0 Å². The van der Waals surface area contributed by atoms with Crippen molar-refractivity contribution in [2.75, 3.05) is 24.7 Å². The van der Waals surface area contributed by atoms with Crippen molar-refractivity contribution in [3.8, 4) is 0 Å². The quantitative estimate of drug-likeness (QED) is 0.777. The molecule has 0 bridgehead atoms. The maximum Gasteiger partial charge on any atom is 0.226 e. The van der Waals surface area contributed by atoms with E-state index in [1.165, 1.54) is 0 Å². The van der Waals surface area contributed by atoms with Gasteiger partial charge in [0.15, 0.2) is 9.84 Å². The smallest absolute Gasteiger partial charge is 0.226 e. The fourth-order valence-corrected chi connectivity index (χ4v) is 4.37.